The van der Waals surface area contributed by atoms with Gasteiger partial charge in [0, 0.05) is 6.54 Å². The van der Waals surface area contributed by atoms with Crippen molar-refractivity contribution in [3.8, 4) is 16.9 Å². The van der Waals surface area contributed by atoms with E-state index >= 15 is 0 Å². The van der Waals surface area contributed by atoms with Crippen LogP contribution in [0.4, 0.5) is 0 Å². The van der Waals surface area contributed by atoms with Crippen LogP contribution in [0.15, 0.2) is 42.5 Å². The first-order chi connectivity index (χ1) is 12.6. The van der Waals surface area contributed by atoms with Gasteiger partial charge in [0.25, 0.3) is 0 Å². The summed E-state index contributed by atoms with van der Waals surface area (Å²) in [4.78, 5) is 17.6. The van der Waals surface area contributed by atoms with Crippen LogP contribution in [0.5, 0.6) is 5.75 Å². The Morgan fingerprint density at radius 3 is 2.73 bits per heavy atom. The van der Waals surface area contributed by atoms with Gasteiger partial charge < -0.3 is 14.5 Å². The highest BCUT2D eigenvalue weighted by Crippen LogP contribution is 2.31. The lowest BCUT2D eigenvalue weighted by Gasteiger charge is -2.22. The second kappa shape index (κ2) is 8.34. The van der Waals surface area contributed by atoms with E-state index in [9.17, 15) is 4.79 Å². The fourth-order valence-electron chi connectivity index (χ4n) is 3.32. The van der Waals surface area contributed by atoms with Gasteiger partial charge in [0.2, 0.25) is 0 Å². The van der Waals surface area contributed by atoms with Crippen molar-refractivity contribution in [3.63, 3.8) is 0 Å². The summed E-state index contributed by atoms with van der Waals surface area (Å²) >= 11 is 0. The van der Waals surface area contributed by atoms with E-state index in [-0.39, 0.29) is 5.92 Å². The van der Waals surface area contributed by atoms with Gasteiger partial charge in [-0.1, -0.05) is 30.3 Å². The van der Waals surface area contributed by atoms with E-state index in [1.165, 1.54) is 5.56 Å². The van der Waals surface area contributed by atoms with Crippen molar-refractivity contribution in [1.29, 1.82) is 0 Å². The molecule has 0 aliphatic heterocycles. The lowest BCUT2D eigenvalue weighted by molar-refractivity contribution is -0.239. The Labute approximate surface area is 154 Å². The smallest absolute Gasteiger partial charge is 0.345 e. The van der Waals surface area contributed by atoms with Gasteiger partial charge in [-0.05, 0) is 67.7 Å². The molecular weight excluding hydrogens is 330 g/mol. The van der Waals surface area contributed by atoms with Crippen LogP contribution in [-0.2, 0) is 22.5 Å². The zero-order valence-electron chi connectivity index (χ0n) is 15.3. The first-order valence-corrected chi connectivity index (χ1v) is 8.92. The fourth-order valence-corrected chi connectivity index (χ4v) is 3.32. The Bertz CT molecular complexity index is 772. The molecule has 0 heterocycles. The number of ether oxygens (including phenoxy) is 1. The molecule has 0 spiro atoms. The van der Waals surface area contributed by atoms with Crippen molar-refractivity contribution in [2.45, 2.75) is 19.3 Å². The number of likely N-dealkylation sites (N-methyl/N-ethyl adjacent to an activating group) is 1. The molecule has 0 saturated carbocycles. The van der Waals surface area contributed by atoms with Crippen LogP contribution < -0.4 is 4.74 Å². The van der Waals surface area contributed by atoms with E-state index in [1.54, 1.807) is 0 Å². The Morgan fingerprint density at radius 1 is 1.15 bits per heavy atom. The summed E-state index contributed by atoms with van der Waals surface area (Å²) < 4.78 is 5.82. The van der Waals surface area contributed by atoms with Crippen molar-refractivity contribution >= 4 is 5.97 Å². The number of aryl methyl sites for hydroxylation is 1. The van der Waals surface area contributed by atoms with E-state index in [4.69, 9.17) is 9.99 Å². The third-order valence-electron chi connectivity index (χ3n) is 4.83. The molecule has 1 aliphatic carbocycles. The maximum atomic E-state index is 11.6. The summed E-state index contributed by atoms with van der Waals surface area (Å²) in [5.74, 6) is 0.0320. The Hall–Kier alpha value is -2.37. The predicted molar refractivity (Wildman–Crippen MR) is 100 cm³/mol. The first kappa shape index (κ1) is 18.4. The number of carbonyl (C=O) groups excluding carboxylic acids is 1. The molecule has 0 bridgehead atoms. The Kier molecular flexibility index (Phi) is 5.91. The quantitative estimate of drug-likeness (QED) is 0.636. The normalized spacial score (nSPS) is 16.2. The summed E-state index contributed by atoms with van der Waals surface area (Å²) in [6.45, 7) is 1.51. The maximum absolute atomic E-state index is 11.6. The van der Waals surface area contributed by atoms with Crippen LogP contribution in [-0.4, -0.2) is 43.4 Å². The summed E-state index contributed by atoms with van der Waals surface area (Å²) in [6, 6.07) is 14.4. The minimum Gasteiger partial charge on any atom is -0.492 e. The number of fused-ring (bicyclic) bond motifs is 1. The van der Waals surface area contributed by atoms with Crippen LogP contribution in [0.1, 0.15) is 17.5 Å². The summed E-state index contributed by atoms with van der Waals surface area (Å²) in [5.41, 5.74) is 4.58. The SMILES string of the molecule is CN(C)CCOc1cccc(-c2ccc3c(c2)CC(C(=O)OO)CC3)c1. The molecule has 1 atom stereocenters. The lowest BCUT2D eigenvalue weighted by atomic mass is 9.82. The highest BCUT2D eigenvalue weighted by atomic mass is 17.1. The van der Waals surface area contributed by atoms with Crippen LogP contribution >= 0.6 is 0 Å². The molecule has 138 valence electrons. The molecule has 0 saturated heterocycles. The van der Waals surface area contributed by atoms with Crippen molar-refractivity contribution in [3.05, 3.63) is 53.6 Å². The van der Waals surface area contributed by atoms with Crippen LogP contribution in [0.2, 0.25) is 0 Å². The van der Waals surface area contributed by atoms with E-state index in [1.807, 2.05) is 32.3 Å². The maximum Gasteiger partial charge on any atom is 0.345 e. The second-order valence-electron chi connectivity index (χ2n) is 7.01. The third kappa shape index (κ3) is 4.42. The number of rotatable bonds is 6. The van der Waals surface area contributed by atoms with Gasteiger partial charge in [0.15, 0.2) is 0 Å². The molecule has 2 aromatic carbocycles. The van der Waals surface area contributed by atoms with Crippen molar-refractivity contribution in [1.82, 2.24) is 4.90 Å². The molecule has 0 fully saturated rings. The van der Waals surface area contributed by atoms with E-state index in [0.29, 0.717) is 19.4 Å². The molecule has 2 aromatic rings. The van der Waals surface area contributed by atoms with Gasteiger partial charge in [0.05, 0.1) is 5.92 Å². The second-order valence-corrected chi connectivity index (χ2v) is 7.01. The monoisotopic (exact) mass is 355 g/mol. The largest absolute Gasteiger partial charge is 0.492 e. The molecule has 1 N–H and O–H groups in total. The average molecular weight is 355 g/mol. The number of nitrogens with zero attached hydrogens (tertiary/aromatic N) is 1. The van der Waals surface area contributed by atoms with Crippen LogP contribution in [0, 0.1) is 5.92 Å². The van der Waals surface area contributed by atoms with E-state index in [0.717, 1.165) is 35.4 Å². The first-order valence-electron chi connectivity index (χ1n) is 8.92. The molecule has 26 heavy (non-hydrogen) atoms. The van der Waals surface area contributed by atoms with E-state index in [2.05, 4.69) is 34.1 Å². The van der Waals surface area contributed by atoms with Gasteiger partial charge in [0.1, 0.15) is 12.4 Å². The molecular formula is C21H25NO4. The zero-order chi connectivity index (χ0) is 18.5. The minimum absolute atomic E-state index is 0.275. The fraction of sp³-hybridized carbons (Fsp3) is 0.381. The molecule has 0 aromatic heterocycles. The predicted octanol–water partition coefficient (Wildman–Crippen LogP) is 3.42. The number of carbonyl (C=O) groups is 1. The number of benzene rings is 2. The van der Waals surface area contributed by atoms with Gasteiger partial charge in [-0.3, -0.25) is 0 Å². The molecule has 0 radical (unpaired) electrons. The van der Waals surface area contributed by atoms with Gasteiger partial charge in [-0.2, -0.15) is 5.26 Å². The van der Waals surface area contributed by atoms with Crippen LogP contribution in [0.3, 0.4) is 0 Å². The highest BCUT2D eigenvalue weighted by molar-refractivity contribution is 5.73. The topological polar surface area (TPSA) is 59.0 Å². The van der Waals surface area contributed by atoms with Gasteiger partial charge in [-0.15, -0.1) is 0 Å². The van der Waals surface area contributed by atoms with Crippen molar-refractivity contribution < 1.29 is 19.7 Å². The molecule has 1 unspecified atom stereocenters. The summed E-state index contributed by atoms with van der Waals surface area (Å²) in [5, 5.41) is 8.64. The minimum atomic E-state index is -0.544. The van der Waals surface area contributed by atoms with Gasteiger partial charge in [-0.25, -0.2) is 4.79 Å². The summed E-state index contributed by atoms with van der Waals surface area (Å²) in [7, 11) is 4.04. The van der Waals surface area contributed by atoms with E-state index < -0.39 is 5.97 Å². The molecule has 1 aliphatic rings. The van der Waals surface area contributed by atoms with Crippen molar-refractivity contribution in [2.75, 3.05) is 27.2 Å². The average Bonchev–Trinajstić information content (AvgIpc) is 2.66. The zero-order valence-corrected chi connectivity index (χ0v) is 15.3. The third-order valence-corrected chi connectivity index (χ3v) is 4.83. The standard InChI is InChI=1S/C21H25NO4/c1-22(2)10-11-25-20-5-3-4-16(14-20)17-8-6-15-7-9-18(21(23)26-24)13-19(15)12-17/h3-6,8,12,14,18,24H,7,9-11,13H2,1-2H3. The Balaban J connectivity index is 1.77. The lowest BCUT2D eigenvalue weighted by Crippen LogP contribution is -2.23. The van der Waals surface area contributed by atoms with Crippen LogP contribution in [0.25, 0.3) is 11.1 Å². The number of hydrogen-bond donors (Lipinski definition) is 1. The van der Waals surface area contributed by atoms with Gasteiger partial charge >= 0.3 is 5.97 Å². The number of hydrogen-bond acceptors (Lipinski definition) is 5. The molecule has 3 rings (SSSR count). The molecule has 5 nitrogen and oxygen atoms in total. The molecule has 5 heteroatoms. The molecule has 0 amide bonds. The van der Waals surface area contributed by atoms with Crippen molar-refractivity contribution in [2.24, 2.45) is 5.92 Å². The Morgan fingerprint density at radius 2 is 1.96 bits per heavy atom. The highest BCUT2D eigenvalue weighted by Gasteiger charge is 2.26. The summed E-state index contributed by atoms with van der Waals surface area (Å²) in [6.07, 6.45) is 2.13.